The summed E-state index contributed by atoms with van der Waals surface area (Å²) in [6.07, 6.45) is -0.978. The second-order valence-electron chi connectivity index (χ2n) is 3.02. The SMILES string of the molecule is COC1CC(N=[N+]=N)C(O)C(C)O1. The van der Waals surface area contributed by atoms with Crippen LogP contribution in [0.5, 0.6) is 0 Å². The molecule has 0 aromatic rings. The zero-order chi connectivity index (χ0) is 9.84. The lowest BCUT2D eigenvalue weighted by molar-refractivity contribution is -0.211. The smallest absolute Gasteiger partial charge is 0.214 e. The summed E-state index contributed by atoms with van der Waals surface area (Å²) in [6, 6.07) is -0.397. The fourth-order valence-corrected chi connectivity index (χ4v) is 1.37. The number of aliphatic hydroxyl groups is 1. The van der Waals surface area contributed by atoms with Crippen molar-refractivity contribution in [3.05, 3.63) is 0 Å². The summed E-state index contributed by atoms with van der Waals surface area (Å²) in [7, 11) is 1.53. The van der Waals surface area contributed by atoms with Gasteiger partial charge in [0.15, 0.2) is 12.3 Å². The second kappa shape index (κ2) is 4.43. The molecule has 0 aromatic heterocycles. The van der Waals surface area contributed by atoms with Crippen LogP contribution in [-0.2, 0) is 9.47 Å². The molecule has 4 unspecified atom stereocenters. The Labute approximate surface area is 76.1 Å². The van der Waals surface area contributed by atoms with Gasteiger partial charge in [-0.2, -0.15) is 0 Å². The molecule has 0 aliphatic carbocycles. The molecule has 1 heterocycles. The van der Waals surface area contributed by atoms with Crippen LogP contribution >= 0.6 is 0 Å². The molecule has 0 bridgehead atoms. The maximum Gasteiger partial charge on any atom is 0.214 e. The second-order valence-corrected chi connectivity index (χ2v) is 3.02. The monoisotopic (exact) mass is 188 g/mol. The fourth-order valence-electron chi connectivity index (χ4n) is 1.37. The number of ether oxygens (including phenoxy) is 2. The molecule has 1 aliphatic heterocycles. The van der Waals surface area contributed by atoms with E-state index in [4.69, 9.17) is 15.0 Å². The summed E-state index contributed by atoms with van der Waals surface area (Å²) in [4.78, 5) is 2.92. The highest BCUT2D eigenvalue weighted by atomic mass is 16.7. The first-order valence-corrected chi connectivity index (χ1v) is 4.12. The predicted molar refractivity (Wildman–Crippen MR) is 43.0 cm³/mol. The normalized spacial score (nSPS) is 39.6. The molecule has 1 aliphatic rings. The highest BCUT2D eigenvalue weighted by Gasteiger charge is 2.38. The molecule has 74 valence electrons. The van der Waals surface area contributed by atoms with Gasteiger partial charge in [-0.15, -0.1) is 0 Å². The third-order valence-electron chi connectivity index (χ3n) is 2.14. The first-order chi connectivity index (χ1) is 6.19. The van der Waals surface area contributed by atoms with Crippen molar-refractivity contribution in [3.63, 3.8) is 0 Å². The van der Waals surface area contributed by atoms with Crippen molar-refractivity contribution in [2.45, 2.75) is 37.9 Å². The lowest BCUT2D eigenvalue weighted by atomic mass is 10.0. The summed E-state index contributed by atoms with van der Waals surface area (Å²) >= 11 is 0. The number of hydrogen-bond donors (Lipinski definition) is 2. The molecule has 6 heteroatoms. The largest absolute Gasteiger partial charge is 0.388 e. The van der Waals surface area contributed by atoms with Crippen molar-refractivity contribution in [3.8, 4) is 0 Å². The molecule has 4 atom stereocenters. The number of nitrogens with one attached hydrogen (secondary N) is 1. The maximum atomic E-state index is 9.56. The van der Waals surface area contributed by atoms with E-state index in [0.29, 0.717) is 6.42 Å². The van der Waals surface area contributed by atoms with Gasteiger partial charge in [0.1, 0.15) is 16.7 Å². The summed E-state index contributed by atoms with van der Waals surface area (Å²) in [5.74, 6) is 0. The molecule has 1 rings (SSSR count). The first kappa shape index (κ1) is 10.3. The molecule has 1 fully saturated rings. The van der Waals surface area contributed by atoms with E-state index in [0.717, 1.165) is 0 Å². The van der Waals surface area contributed by atoms with E-state index in [1.807, 2.05) is 0 Å². The fraction of sp³-hybridized carbons (Fsp3) is 1.00. The van der Waals surface area contributed by atoms with E-state index < -0.39 is 12.1 Å². The summed E-state index contributed by atoms with van der Waals surface area (Å²) in [5.41, 5.74) is 6.58. The first-order valence-electron chi connectivity index (χ1n) is 4.12. The molecule has 13 heavy (non-hydrogen) atoms. The topological polar surface area (TPSA) is 89.0 Å². The Kier molecular flexibility index (Phi) is 3.50. The average Bonchev–Trinajstić information content (AvgIpc) is 2.13. The van der Waals surface area contributed by atoms with Crippen LogP contribution in [0.15, 0.2) is 5.11 Å². The Morgan fingerprint density at radius 1 is 1.69 bits per heavy atom. The minimum atomic E-state index is -0.708. The lowest BCUT2D eigenvalue weighted by Crippen LogP contribution is -2.46. The van der Waals surface area contributed by atoms with Crippen LogP contribution in [-0.4, -0.2) is 36.8 Å². The minimum absolute atomic E-state index is 0.339. The molecule has 0 radical (unpaired) electrons. The third kappa shape index (κ3) is 2.32. The maximum absolute atomic E-state index is 9.56. The number of rotatable bonds is 2. The molecule has 0 aromatic carbocycles. The van der Waals surface area contributed by atoms with E-state index in [1.165, 1.54) is 7.11 Å². The Balaban J connectivity index is 2.65. The minimum Gasteiger partial charge on any atom is -0.388 e. The van der Waals surface area contributed by atoms with Gasteiger partial charge < -0.3 is 14.6 Å². The molecule has 2 N–H and O–H groups in total. The van der Waals surface area contributed by atoms with Crippen molar-refractivity contribution < 1.29 is 14.6 Å². The van der Waals surface area contributed by atoms with Crippen LogP contribution in [0.1, 0.15) is 13.3 Å². The summed E-state index contributed by atoms with van der Waals surface area (Å²) < 4.78 is 10.3. The highest BCUT2D eigenvalue weighted by molar-refractivity contribution is 4.84. The lowest BCUT2D eigenvalue weighted by Gasteiger charge is -2.32. The van der Waals surface area contributed by atoms with Gasteiger partial charge in [-0.1, -0.05) is 0 Å². The Bertz CT molecular complexity index is 217. The van der Waals surface area contributed by atoms with E-state index in [9.17, 15) is 5.11 Å². The van der Waals surface area contributed by atoms with Crippen molar-refractivity contribution in [1.29, 1.82) is 5.53 Å². The number of aliphatic hydroxyl groups excluding tert-OH is 1. The molecular formula is C7H14N3O3+. The third-order valence-corrected chi connectivity index (χ3v) is 2.14. The molecular weight excluding hydrogens is 174 g/mol. The molecule has 6 nitrogen and oxygen atoms in total. The zero-order valence-corrected chi connectivity index (χ0v) is 7.67. The van der Waals surface area contributed by atoms with Crippen molar-refractivity contribution in [2.24, 2.45) is 5.11 Å². The number of methoxy groups -OCH3 is 1. The van der Waals surface area contributed by atoms with Gasteiger partial charge in [-0.3, -0.25) is 0 Å². The van der Waals surface area contributed by atoms with E-state index in [2.05, 4.69) is 10.0 Å². The van der Waals surface area contributed by atoms with Crippen molar-refractivity contribution >= 4 is 0 Å². The van der Waals surface area contributed by atoms with E-state index in [-0.39, 0.29) is 12.4 Å². The summed E-state index contributed by atoms with van der Waals surface area (Å²) in [5, 5.41) is 13.2. The van der Waals surface area contributed by atoms with Gasteiger partial charge in [-0.25, -0.2) is 0 Å². The van der Waals surface area contributed by atoms with Gasteiger partial charge in [-0.05, 0) is 6.92 Å². The van der Waals surface area contributed by atoms with Gasteiger partial charge >= 0.3 is 0 Å². The predicted octanol–water partition coefficient (Wildman–Crippen LogP) is 0.0476. The van der Waals surface area contributed by atoms with Crippen LogP contribution in [0.4, 0.5) is 0 Å². The number of nitrogens with zero attached hydrogens (tertiary/aromatic N) is 2. The van der Waals surface area contributed by atoms with E-state index >= 15 is 0 Å². The molecule has 0 saturated carbocycles. The number of hydrogen-bond acceptors (Lipinski definition) is 5. The van der Waals surface area contributed by atoms with Crippen LogP contribution in [0, 0.1) is 5.53 Å². The summed E-state index contributed by atoms with van der Waals surface area (Å²) in [6.45, 7) is 1.74. The van der Waals surface area contributed by atoms with Gasteiger partial charge in [0, 0.05) is 13.5 Å². The van der Waals surface area contributed by atoms with Crippen molar-refractivity contribution in [2.75, 3.05) is 7.11 Å². The van der Waals surface area contributed by atoms with Crippen LogP contribution in [0.3, 0.4) is 0 Å². The zero-order valence-electron chi connectivity index (χ0n) is 7.67. The van der Waals surface area contributed by atoms with E-state index in [1.54, 1.807) is 6.92 Å². The Morgan fingerprint density at radius 2 is 2.38 bits per heavy atom. The Hall–Kier alpha value is -0.810. The molecule has 0 spiro atoms. The van der Waals surface area contributed by atoms with Crippen LogP contribution < -0.4 is 4.91 Å². The van der Waals surface area contributed by atoms with Crippen LogP contribution in [0.2, 0.25) is 0 Å². The quantitative estimate of drug-likeness (QED) is 0.474. The highest BCUT2D eigenvalue weighted by Crippen LogP contribution is 2.22. The molecule has 0 amide bonds. The average molecular weight is 188 g/mol. The van der Waals surface area contributed by atoms with Gasteiger partial charge in [0.2, 0.25) is 4.91 Å². The Morgan fingerprint density at radius 3 is 2.92 bits per heavy atom. The standard InChI is InChI=1S/C7H14N3O3/c1-4-7(11)5(9-10-8)3-6(12-2)13-4/h4-8,11H,3H2,1-2H3/q+1. The van der Waals surface area contributed by atoms with Gasteiger partial charge in [0.25, 0.3) is 0 Å². The van der Waals surface area contributed by atoms with Crippen molar-refractivity contribution in [1.82, 2.24) is 4.91 Å². The van der Waals surface area contributed by atoms with Gasteiger partial charge in [0.05, 0.1) is 6.10 Å². The van der Waals surface area contributed by atoms with Crippen LogP contribution in [0.25, 0.3) is 0 Å². The molecule has 1 saturated heterocycles.